The van der Waals surface area contributed by atoms with Crippen molar-refractivity contribution in [2.45, 2.75) is 26.3 Å². The maximum Gasteiger partial charge on any atom is 0.253 e. The summed E-state index contributed by atoms with van der Waals surface area (Å²) < 4.78 is 0. The average molecular weight is 291 g/mol. The highest BCUT2D eigenvalue weighted by Crippen LogP contribution is 2.10. The molecule has 0 spiro atoms. The van der Waals surface area contributed by atoms with E-state index in [-0.39, 0.29) is 11.8 Å². The first-order valence-corrected chi connectivity index (χ1v) is 7.28. The summed E-state index contributed by atoms with van der Waals surface area (Å²) in [5, 5.41) is 0. The molecule has 0 bridgehead atoms. The summed E-state index contributed by atoms with van der Waals surface area (Å²) in [5.41, 5.74) is 7.11. The molecule has 0 saturated heterocycles. The molecule has 0 fully saturated rings. The van der Waals surface area contributed by atoms with E-state index in [0.717, 1.165) is 5.56 Å². The zero-order chi connectivity index (χ0) is 15.8. The van der Waals surface area contributed by atoms with Gasteiger partial charge in [0, 0.05) is 39.2 Å². The number of hydrogen-bond acceptors (Lipinski definition) is 3. The molecule has 2 amide bonds. The fourth-order valence-corrected chi connectivity index (χ4v) is 2.02. The Morgan fingerprint density at radius 1 is 1.14 bits per heavy atom. The van der Waals surface area contributed by atoms with Crippen LogP contribution in [0.1, 0.15) is 35.7 Å². The largest absolute Gasteiger partial charge is 0.345 e. The second-order valence-corrected chi connectivity index (χ2v) is 5.20. The van der Waals surface area contributed by atoms with E-state index in [9.17, 15) is 9.59 Å². The molecule has 0 aliphatic heterocycles. The van der Waals surface area contributed by atoms with Crippen molar-refractivity contribution in [2.24, 2.45) is 5.73 Å². The first kappa shape index (κ1) is 17.2. The van der Waals surface area contributed by atoms with Crippen molar-refractivity contribution in [3.05, 3.63) is 35.4 Å². The van der Waals surface area contributed by atoms with E-state index in [4.69, 9.17) is 5.73 Å². The van der Waals surface area contributed by atoms with Gasteiger partial charge in [-0.3, -0.25) is 9.59 Å². The summed E-state index contributed by atoms with van der Waals surface area (Å²) in [6.45, 7) is 3.73. The van der Waals surface area contributed by atoms with Crippen LogP contribution >= 0.6 is 0 Å². The maximum absolute atomic E-state index is 12.0. The number of hydrogen-bond donors (Lipinski definition) is 1. The SMILES string of the molecule is CCN(Cc1ccc(C(=O)N(C)C)cc1)C(=O)CCCN. The lowest BCUT2D eigenvalue weighted by Gasteiger charge is -2.21. The van der Waals surface area contributed by atoms with Gasteiger partial charge in [0.2, 0.25) is 5.91 Å². The number of rotatable bonds is 7. The molecule has 116 valence electrons. The van der Waals surface area contributed by atoms with Gasteiger partial charge in [0.25, 0.3) is 5.91 Å². The van der Waals surface area contributed by atoms with E-state index < -0.39 is 0 Å². The van der Waals surface area contributed by atoms with E-state index in [0.29, 0.717) is 38.0 Å². The predicted molar refractivity (Wildman–Crippen MR) is 83.8 cm³/mol. The fraction of sp³-hybridized carbons (Fsp3) is 0.500. The smallest absolute Gasteiger partial charge is 0.253 e. The quantitative estimate of drug-likeness (QED) is 0.827. The maximum atomic E-state index is 12.0. The number of amides is 2. The van der Waals surface area contributed by atoms with Crippen LogP contribution in [0.15, 0.2) is 24.3 Å². The third-order valence-corrected chi connectivity index (χ3v) is 3.31. The van der Waals surface area contributed by atoms with Gasteiger partial charge in [0.1, 0.15) is 0 Å². The normalized spacial score (nSPS) is 10.3. The molecule has 5 nitrogen and oxygen atoms in total. The van der Waals surface area contributed by atoms with Crippen molar-refractivity contribution in [2.75, 3.05) is 27.2 Å². The third-order valence-electron chi connectivity index (χ3n) is 3.31. The molecule has 5 heteroatoms. The Morgan fingerprint density at radius 3 is 2.24 bits per heavy atom. The van der Waals surface area contributed by atoms with Crippen LogP contribution in [0.25, 0.3) is 0 Å². The van der Waals surface area contributed by atoms with Crippen LogP contribution in [-0.4, -0.2) is 48.8 Å². The average Bonchev–Trinajstić information content (AvgIpc) is 2.49. The zero-order valence-corrected chi connectivity index (χ0v) is 13.1. The topological polar surface area (TPSA) is 66.6 Å². The first-order chi connectivity index (χ1) is 9.99. The van der Waals surface area contributed by atoms with Gasteiger partial charge >= 0.3 is 0 Å². The highest BCUT2D eigenvalue weighted by atomic mass is 16.2. The van der Waals surface area contributed by atoms with Gasteiger partial charge < -0.3 is 15.5 Å². The van der Waals surface area contributed by atoms with Crippen LogP contribution in [0.2, 0.25) is 0 Å². The van der Waals surface area contributed by atoms with Gasteiger partial charge in [0.05, 0.1) is 0 Å². The van der Waals surface area contributed by atoms with Crippen molar-refractivity contribution in [1.82, 2.24) is 9.80 Å². The Balaban J connectivity index is 2.69. The van der Waals surface area contributed by atoms with Crippen LogP contribution in [0, 0.1) is 0 Å². The molecule has 0 aliphatic rings. The zero-order valence-electron chi connectivity index (χ0n) is 13.1. The van der Waals surface area contributed by atoms with Crippen molar-refractivity contribution in [1.29, 1.82) is 0 Å². The lowest BCUT2D eigenvalue weighted by atomic mass is 10.1. The molecule has 1 aromatic rings. The summed E-state index contributed by atoms with van der Waals surface area (Å²) in [4.78, 5) is 27.2. The Morgan fingerprint density at radius 2 is 1.76 bits per heavy atom. The van der Waals surface area contributed by atoms with E-state index >= 15 is 0 Å². The van der Waals surface area contributed by atoms with Gasteiger partial charge in [-0.1, -0.05) is 12.1 Å². The number of nitrogens with zero attached hydrogens (tertiary/aromatic N) is 2. The Bertz CT molecular complexity index is 469. The lowest BCUT2D eigenvalue weighted by Crippen LogP contribution is -2.30. The lowest BCUT2D eigenvalue weighted by molar-refractivity contribution is -0.131. The number of nitrogens with two attached hydrogens (primary N) is 1. The molecule has 0 aromatic heterocycles. The molecule has 0 unspecified atom stereocenters. The molecule has 0 radical (unpaired) electrons. The second-order valence-electron chi connectivity index (χ2n) is 5.20. The molecule has 0 atom stereocenters. The summed E-state index contributed by atoms with van der Waals surface area (Å²) in [6, 6.07) is 7.40. The highest BCUT2D eigenvalue weighted by molar-refractivity contribution is 5.93. The van der Waals surface area contributed by atoms with Crippen LogP contribution in [0.4, 0.5) is 0 Å². The highest BCUT2D eigenvalue weighted by Gasteiger charge is 2.12. The molecule has 1 rings (SSSR count). The van der Waals surface area contributed by atoms with Crippen molar-refractivity contribution in [3.8, 4) is 0 Å². The molecule has 0 aliphatic carbocycles. The third kappa shape index (κ3) is 5.19. The summed E-state index contributed by atoms with van der Waals surface area (Å²) in [5.74, 6) is 0.101. The molecule has 21 heavy (non-hydrogen) atoms. The van der Waals surface area contributed by atoms with Crippen molar-refractivity contribution in [3.63, 3.8) is 0 Å². The van der Waals surface area contributed by atoms with Crippen LogP contribution in [0.5, 0.6) is 0 Å². The molecule has 1 aromatic carbocycles. The van der Waals surface area contributed by atoms with Crippen LogP contribution in [-0.2, 0) is 11.3 Å². The molecule has 0 heterocycles. The summed E-state index contributed by atoms with van der Waals surface area (Å²) in [7, 11) is 3.45. The molecule has 0 saturated carbocycles. The fourth-order valence-electron chi connectivity index (χ4n) is 2.02. The first-order valence-electron chi connectivity index (χ1n) is 7.28. The minimum Gasteiger partial charge on any atom is -0.345 e. The van der Waals surface area contributed by atoms with Crippen molar-refractivity contribution >= 4 is 11.8 Å². The Kier molecular flexibility index (Phi) is 6.88. The summed E-state index contributed by atoms with van der Waals surface area (Å²) in [6.07, 6.45) is 1.20. The Labute approximate surface area is 126 Å². The van der Waals surface area contributed by atoms with Gasteiger partial charge in [-0.15, -0.1) is 0 Å². The van der Waals surface area contributed by atoms with Gasteiger partial charge in [-0.25, -0.2) is 0 Å². The summed E-state index contributed by atoms with van der Waals surface area (Å²) >= 11 is 0. The number of benzene rings is 1. The van der Waals surface area contributed by atoms with Gasteiger partial charge in [-0.2, -0.15) is 0 Å². The van der Waals surface area contributed by atoms with Crippen LogP contribution in [0.3, 0.4) is 0 Å². The van der Waals surface area contributed by atoms with E-state index in [1.54, 1.807) is 36.0 Å². The Hall–Kier alpha value is -1.88. The number of carbonyl (C=O) groups excluding carboxylic acids is 2. The number of carbonyl (C=O) groups is 2. The second kappa shape index (κ2) is 8.42. The van der Waals surface area contributed by atoms with Gasteiger partial charge in [0.15, 0.2) is 0 Å². The van der Waals surface area contributed by atoms with Gasteiger partial charge in [-0.05, 0) is 37.6 Å². The minimum absolute atomic E-state index is 0.0204. The minimum atomic E-state index is -0.0204. The molecular formula is C16H25N3O2. The molecular weight excluding hydrogens is 266 g/mol. The molecule has 2 N–H and O–H groups in total. The van der Waals surface area contributed by atoms with E-state index in [1.165, 1.54) is 0 Å². The van der Waals surface area contributed by atoms with Crippen LogP contribution < -0.4 is 5.73 Å². The van der Waals surface area contributed by atoms with Crippen molar-refractivity contribution < 1.29 is 9.59 Å². The predicted octanol–water partition coefficient (Wildman–Crippen LogP) is 1.48. The standard InChI is InChI=1S/C16H25N3O2/c1-4-19(15(20)6-5-11-17)12-13-7-9-14(10-8-13)16(21)18(2)3/h7-10H,4-6,11-12,17H2,1-3H3. The van der Waals surface area contributed by atoms with E-state index in [2.05, 4.69) is 0 Å². The monoisotopic (exact) mass is 291 g/mol. The van der Waals surface area contributed by atoms with E-state index in [1.807, 2.05) is 19.1 Å².